The molecule has 0 bridgehead atoms. The highest BCUT2D eigenvalue weighted by Crippen LogP contribution is 2.40. The number of nitrogens with zero attached hydrogens (tertiary/aromatic N) is 2. The molecule has 10 heteroatoms. The summed E-state index contributed by atoms with van der Waals surface area (Å²) < 4.78 is 15.9. The predicted molar refractivity (Wildman–Crippen MR) is 115 cm³/mol. The highest BCUT2D eigenvalue weighted by atomic mass is 32.2. The summed E-state index contributed by atoms with van der Waals surface area (Å²) in [5.41, 5.74) is 1.02. The van der Waals surface area contributed by atoms with Crippen LogP contribution in [-0.2, 0) is 4.79 Å². The molecule has 0 atom stereocenters. The van der Waals surface area contributed by atoms with Gasteiger partial charge >= 0.3 is 0 Å². The van der Waals surface area contributed by atoms with Crippen molar-refractivity contribution in [1.82, 2.24) is 15.2 Å². The molecule has 3 amide bonds. The number of carbonyl (C=O) groups excluding carboxylic acids is 3. The zero-order valence-electron chi connectivity index (χ0n) is 17.2. The number of carbonyl (C=O) groups is 3. The molecular weight excluding hydrogens is 422 g/mol. The van der Waals surface area contributed by atoms with Crippen LogP contribution in [0.4, 0.5) is 4.79 Å². The Morgan fingerprint density at radius 3 is 2.45 bits per heavy atom. The van der Waals surface area contributed by atoms with Gasteiger partial charge in [0.25, 0.3) is 17.1 Å². The largest absolute Gasteiger partial charge is 0.493 e. The van der Waals surface area contributed by atoms with Crippen LogP contribution in [0.5, 0.6) is 17.2 Å². The van der Waals surface area contributed by atoms with Gasteiger partial charge in [-0.05, 0) is 47.7 Å². The van der Waals surface area contributed by atoms with Crippen LogP contribution in [0.3, 0.4) is 0 Å². The lowest BCUT2D eigenvalue weighted by atomic mass is 10.1. The summed E-state index contributed by atoms with van der Waals surface area (Å²) in [7, 11) is 4.49. The monoisotopic (exact) mass is 443 g/mol. The van der Waals surface area contributed by atoms with Gasteiger partial charge in [-0.1, -0.05) is 0 Å². The quantitative estimate of drug-likeness (QED) is 0.621. The molecule has 0 saturated carbocycles. The second-order valence-corrected chi connectivity index (χ2v) is 7.28. The summed E-state index contributed by atoms with van der Waals surface area (Å²) in [6.45, 7) is 0.187. The maximum absolute atomic E-state index is 12.7. The summed E-state index contributed by atoms with van der Waals surface area (Å²) in [6, 6.07) is 6.65. The molecule has 1 aliphatic rings. The van der Waals surface area contributed by atoms with E-state index in [4.69, 9.17) is 14.2 Å². The van der Waals surface area contributed by atoms with Crippen LogP contribution >= 0.6 is 11.8 Å². The molecule has 9 nitrogen and oxygen atoms in total. The number of thioether (sulfide) groups is 1. The van der Waals surface area contributed by atoms with E-state index in [2.05, 4.69) is 10.3 Å². The average molecular weight is 443 g/mol. The zero-order valence-corrected chi connectivity index (χ0v) is 18.0. The van der Waals surface area contributed by atoms with Crippen molar-refractivity contribution in [2.45, 2.75) is 0 Å². The number of pyridine rings is 1. The number of ether oxygens (including phenoxy) is 3. The molecular formula is C21H21N3O6S. The maximum atomic E-state index is 12.7. The second kappa shape index (κ2) is 9.98. The van der Waals surface area contributed by atoms with Gasteiger partial charge in [-0.25, -0.2) is 0 Å². The molecule has 0 spiro atoms. The fraction of sp³-hybridized carbons (Fsp3) is 0.238. The van der Waals surface area contributed by atoms with Crippen molar-refractivity contribution in [2.75, 3.05) is 34.4 Å². The number of nitrogens with one attached hydrogen (secondary N) is 1. The third-order valence-corrected chi connectivity index (χ3v) is 5.31. The Morgan fingerprint density at radius 1 is 1.16 bits per heavy atom. The first-order valence-electron chi connectivity index (χ1n) is 9.22. The van der Waals surface area contributed by atoms with Gasteiger partial charge < -0.3 is 19.5 Å². The van der Waals surface area contributed by atoms with Gasteiger partial charge in [0.05, 0.1) is 31.8 Å². The van der Waals surface area contributed by atoms with E-state index in [-0.39, 0.29) is 23.9 Å². The van der Waals surface area contributed by atoms with E-state index in [1.165, 1.54) is 27.5 Å². The lowest BCUT2D eigenvalue weighted by Crippen LogP contribution is -2.37. The molecule has 2 heterocycles. The van der Waals surface area contributed by atoms with Crippen molar-refractivity contribution in [2.24, 2.45) is 0 Å². The van der Waals surface area contributed by atoms with E-state index < -0.39 is 11.1 Å². The standard InChI is InChI=1S/C21H21N3O6S/c1-28-15-9-13(10-16(29-2)18(15)30-3)11-17-20(26)24(21(27)31-17)8-7-23-19(25)14-5-4-6-22-12-14/h4-6,9-12H,7-8H2,1-3H3,(H,23,25)/b17-11+. The van der Waals surface area contributed by atoms with E-state index in [1.54, 1.807) is 36.5 Å². The molecule has 162 valence electrons. The van der Waals surface area contributed by atoms with Crippen LogP contribution in [0, 0.1) is 0 Å². The van der Waals surface area contributed by atoms with Crippen LogP contribution in [0.1, 0.15) is 15.9 Å². The van der Waals surface area contributed by atoms with E-state index >= 15 is 0 Å². The number of imide groups is 1. The molecule has 1 saturated heterocycles. The summed E-state index contributed by atoms with van der Waals surface area (Å²) in [5.74, 6) is 0.544. The topological polar surface area (TPSA) is 107 Å². The smallest absolute Gasteiger partial charge is 0.293 e. The zero-order chi connectivity index (χ0) is 22.4. The van der Waals surface area contributed by atoms with E-state index in [9.17, 15) is 14.4 Å². The lowest BCUT2D eigenvalue weighted by molar-refractivity contribution is -0.122. The van der Waals surface area contributed by atoms with Gasteiger partial charge in [0.2, 0.25) is 5.75 Å². The maximum Gasteiger partial charge on any atom is 0.293 e. The molecule has 31 heavy (non-hydrogen) atoms. The van der Waals surface area contributed by atoms with Crippen molar-refractivity contribution in [1.29, 1.82) is 0 Å². The van der Waals surface area contributed by atoms with Gasteiger partial charge in [0.1, 0.15) is 0 Å². The fourth-order valence-corrected chi connectivity index (χ4v) is 3.77. The van der Waals surface area contributed by atoms with Gasteiger partial charge in [0.15, 0.2) is 11.5 Å². The Morgan fingerprint density at radius 2 is 1.87 bits per heavy atom. The Balaban J connectivity index is 1.70. The van der Waals surface area contributed by atoms with Crippen molar-refractivity contribution in [3.8, 4) is 17.2 Å². The normalized spacial score (nSPS) is 14.7. The van der Waals surface area contributed by atoms with Crippen LogP contribution in [-0.4, -0.2) is 61.4 Å². The summed E-state index contributed by atoms with van der Waals surface area (Å²) in [4.78, 5) is 42.3. The van der Waals surface area contributed by atoms with Crippen molar-refractivity contribution in [3.05, 3.63) is 52.7 Å². The first-order chi connectivity index (χ1) is 15.0. The van der Waals surface area contributed by atoms with Crippen molar-refractivity contribution in [3.63, 3.8) is 0 Å². The number of hydrogen-bond acceptors (Lipinski definition) is 8. The molecule has 1 aromatic carbocycles. The Kier molecular flexibility index (Phi) is 7.14. The van der Waals surface area contributed by atoms with Crippen LogP contribution < -0.4 is 19.5 Å². The molecule has 0 aliphatic carbocycles. The number of amides is 3. The highest BCUT2D eigenvalue weighted by Gasteiger charge is 2.34. The predicted octanol–water partition coefficient (Wildman–Crippen LogP) is 2.57. The second-order valence-electron chi connectivity index (χ2n) is 6.29. The SMILES string of the molecule is COc1cc(/C=C2/SC(=O)N(CCNC(=O)c3cccnc3)C2=O)cc(OC)c1OC. The molecule has 1 aliphatic heterocycles. The van der Waals surface area contributed by atoms with E-state index in [1.807, 2.05) is 0 Å². The van der Waals surface area contributed by atoms with Gasteiger partial charge in [-0.2, -0.15) is 0 Å². The van der Waals surface area contributed by atoms with Gasteiger partial charge in [-0.3, -0.25) is 24.3 Å². The number of aromatic nitrogens is 1. The van der Waals surface area contributed by atoms with Crippen LogP contribution in [0.2, 0.25) is 0 Å². The fourth-order valence-electron chi connectivity index (χ4n) is 2.91. The first kappa shape index (κ1) is 22.2. The molecule has 3 rings (SSSR count). The Bertz CT molecular complexity index is 1000. The highest BCUT2D eigenvalue weighted by molar-refractivity contribution is 8.18. The molecule has 0 radical (unpaired) electrons. The lowest BCUT2D eigenvalue weighted by Gasteiger charge is -2.13. The third kappa shape index (κ3) is 4.97. The van der Waals surface area contributed by atoms with Crippen molar-refractivity contribution < 1.29 is 28.6 Å². The van der Waals surface area contributed by atoms with Crippen molar-refractivity contribution >= 4 is 34.9 Å². The number of benzene rings is 1. The first-order valence-corrected chi connectivity index (χ1v) is 10.0. The molecule has 0 unspecified atom stereocenters. The minimum Gasteiger partial charge on any atom is -0.493 e. The molecule has 2 aromatic rings. The minimum absolute atomic E-state index is 0.0588. The third-order valence-electron chi connectivity index (χ3n) is 4.40. The van der Waals surface area contributed by atoms with Crippen LogP contribution in [0.15, 0.2) is 41.6 Å². The van der Waals surface area contributed by atoms with E-state index in [0.717, 1.165) is 16.7 Å². The molecule has 1 fully saturated rings. The summed E-state index contributed by atoms with van der Waals surface area (Å²) in [5, 5.41) is 2.27. The van der Waals surface area contributed by atoms with Gasteiger partial charge in [0, 0.05) is 25.5 Å². The number of methoxy groups -OCH3 is 3. The summed E-state index contributed by atoms with van der Waals surface area (Å²) in [6.07, 6.45) is 4.59. The Hall–Kier alpha value is -3.53. The molecule has 1 aromatic heterocycles. The number of rotatable bonds is 8. The van der Waals surface area contributed by atoms with Gasteiger partial charge in [-0.15, -0.1) is 0 Å². The van der Waals surface area contributed by atoms with E-state index in [0.29, 0.717) is 28.4 Å². The van der Waals surface area contributed by atoms with Crippen LogP contribution in [0.25, 0.3) is 6.08 Å². The average Bonchev–Trinajstić information content (AvgIpc) is 3.06. The summed E-state index contributed by atoms with van der Waals surface area (Å²) >= 11 is 0.832. The minimum atomic E-state index is -0.431. The Labute approximate surface area is 183 Å². The number of hydrogen-bond donors (Lipinski definition) is 1. The molecule has 1 N–H and O–H groups in total.